The summed E-state index contributed by atoms with van der Waals surface area (Å²) in [5, 5.41) is 0. The van der Waals surface area contributed by atoms with Gasteiger partial charge in [-0.05, 0) is 32.0 Å². The molecule has 0 amide bonds. The molecular weight excluding hydrogens is 220 g/mol. The van der Waals surface area contributed by atoms with Crippen LogP contribution in [0.5, 0.6) is 0 Å². The minimum Gasteiger partial charge on any atom is -0.548 e. The van der Waals surface area contributed by atoms with Gasteiger partial charge in [0.1, 0.15) is 0 Å². The van der Waals surface area contributed by atoms with Gasteiger partial charge >= 0.3 is 5.97 Å². The van der Waals surface area contributed by atoms with Crippen LogP contribution in [0.15, 0.2) is 11.8 Å². The molecule has 0 heterocycles. The Kier molecular flexibility index (Phi) is 7.13. The van der Waals surface area contributed by atoms with Crippen molar-refractivity contribution < 1.29 is 14.0 Å². The lowest BCUT2D eigenvalue weighted by Gasteiger charge is -2.26. The van der Waals surface area contributed by atoms with Gasteiger partial charge in [-0.3, -0.25) is 0 Å². The van der Waals surface area contributed by atoms with E-state index in [-0.39, 0.29) is 5.97 Å². The molecule has 4 heteroatoms. The van der Waals surface area contributed by atoms with Crippen LogP contribution in [0.25, 0.3) is 0 Å². The monoisotopic (exact) mass is 244 g/mol. The van der Waals surface area contributed by atoms with Gasteiger partial charge in [0, 0.05) is 0 Å². The summed E-state index contributed by atoms with van der Waals surface area (Å²) in [6, 6.07) is 3.23. The van der Waals surface area contributed by atoms with Crippen molar-refractivity contribution in [3.63, 3.8) is 0 Å². The van der Waals surface area contributed by atoms with E-state index in [0.29, 0.717) is 12.2 Å². The summed E-state index contributed by atoms with van der Waals surface area (Å²) in [6.45, 7) is 10.4. The standard InChI is InChI=1S/C12H24O3Si/c1-6-14-12(13)11(5)10-15-16(7-2,8-3)9-4/h10H,6-9H2,1-5H3/b11-10+. The normalized spacial score (nSPS) is 12.4. The molecule has 0 aromatic rings. The molecule has 16 heavy (non-hydrogen) atoms. The van der Waals surface area contributed by atoms with Crippen molar-refractivity contribution in [3.05, 3.63) is 11.8 Å². The van der Waals surface area contributed by atoms with Crippen molar-refractivity contribution in [2.75, 3.05) is 6.61 Å². The van der Waals surface area contributed by atoms with E-state index in [2.05, 4.69) is 20.8 Å². The first-order valence-corrected chi connectivity index (χ1v) is 8.59. The van der Waals surface area contributed by atoms with Crippen molar-refractivity contribution in [1.82, 2.24) is 0 Å². The number of ether oxygens (including phenoxy) is 1. The highest BCUT2D eigenvalue weighted by Gasteiger charge is 2.29. The third-order valence-electron chi connectivity index (χ3n) is 3.02. The first-order chi connectivity index (χ1) is 7.55. The molecule has 0 unspecified atom stereocenters. The molecule has 94 valence electrons. The third-order valence-corrected chi connectivity index (χ3v) is 7.50. The second-order valence-corrected chi connectivity index (χ2v) is 8.61. The SMILES string of the molecule is CCOC(=O)/C(C)=C/O[Si](CC)(CC)CC. The molecule has 0 atom stereocenters. The molecule has 0 bridgehead atoms. The fourth-order valence-corrected chi connectivity index (χ4v) is 3.93. The fraction of sp³-hybridized carbons (Fsp3) is 0.750. The summed E-state index contributed by atoms with van der Waals surface area (Å²) in [6.07, 6.45) is 1.60. The Morgan fingerprint density at radius 1 is 1.12 bits per heavy atom. The van der Waals surface area contributed by atoms with Crippen LogP contribution in [0.3, 0.4) is 0 Å². The molecule has 0 aliphatic rings. The van der Waals surface area contributed by atoms with E-state index < -0.39 is 8.32 Å². The maximum absolute atomic E-state index is 11.4. The van der Waals surface area contributed by atoms with Crippen molar-refractivity contribution in [1.29, 1.82) is 0 Å². The average molecular weight is 244 g/mol. The molecule has 0 radical (unpaired) electrons. The highest BCUT2D eigenvalue weighted by atomic mass is 28.4. The topological polar surface area (TPSA) is 35.5 Å². The summed E-state index contributed by atoms with van der Waals surface area (Å²) in [5.41, 5.74) is 0.550. The smallest absolute Gasteiger partial charge is 0.336 e. The summed E-state index contributed by atoms with van der Waals surface area (Å²) in [5.74, 6) is -0.284. The molecule has 0 saturated carbocycles. The van der Waals surface area contributed by atoms with E-state index in [1.807, 2.05) is 0 Å². The number of hydrogen-bond donors (Lipinski definition) is 0. The molecule has 0 fully saturated rings. The van der Waals surface area contributed by atoms with Crippen LogP contribution in [0, 0.1) is 0 Å². The second-order valence-electron chi connectivity index (χ2n) is 3.88. The van der Waals surface area contributed by atoms with Crippen molar-refractivity contribution in [2.45, 2.75) is 52.8 Å². The van der Waals surface area contributed by atoms with Gasteiger partial charge in [-0.1, -0.05) is 20.8 Å². The number of carbonyl (C=O) groups is 1. The predicted octanol–water partition coefficient (Wildman–Crippen LogP) is 3.48. The minimum atomic E-state index is -1.63. The van der Waals surface area contributed by atoms with Crippen LogP contribution in [0.2, 0.25) is 18.1 Å². The lowest BCUT2D eigenvalue weighted by Crippen LogP contribution is -2.33. The van der Waals surface area contributed by atoms with Gasteiger partial charge in [-0.25, -0.2) is 4.79 Å². The Bertz CT molecular complexity index is 236. The van der Waals surface area contributed by atoms with E-state index in [9.17, 15) is 4.79 Å². The molecule has 0 aromatic carbocycles. The van der Waals surface area contributed by atoms with E-state index in [1.54, 1.807) is 20.1 Å². The Morgan fingerprint density at radius 3 is 2.00 bits per heavy atom. The number of rotatable bonds is 7. The van der Waals surface area contributed by atoms with E-state index in [4.69, 9.17) is 9.16 Å². The Hall–Kier alpha value is -0.773. The maximum atomic E-state index is 11.4. The zero-order chi connectivity index (χ0) is 12.6. The van der Waals surface area contributed by atoms with E-state index in [0.717, 1.165) is 18.1 Å². The minimum absolute atomic E-state index is 0.284. The first-order valence-electron chi connectivity index (χ1n) is 6.06. The van der Waals surface area contributed by atoms with Crippen LogP contribution in [-0.4, -0.2) is 20.9 Å². The number of carbonyl (C=O) groups excluding carboxylic acids is 1. The molecule has 0 aliphatic heterocycles. The van der Waals surface area contributed by atoms with E-state index >= 15 is 0 Å². The van der Waals surface area contributed by atoms with Crippen LogP contribution in [0.1, 0.15) is 34.6 Å². The molecule has 0 saturated heterocycles. The van der Waals surface area contributed by atoms with Gasteiger partial charge in [0.2, 0.25) is 8.32 Å². The number of esters is 1. The summed E-state index contributed by atoms with van der Waals surface area (Å²) in [7, 11) is -1.63. The highest BCUT2D eigenvalue weighted by molar-refractivity contribution is 6.73. The van der Waals surface area contributed by atoms with Crippen LogP contribution < -0.4 is 0 Å². The van der Waals surface area contributed by atoms with Gasteiger partial charge in [0.05, 0.1) is 18.4 Å². The molecular formula is C12H24O3Si. The van der Waals surface area contributed by atoms with Gasteiger partial charge in [-0.15, -0.1) is 0 Å². The molecule has 0 aromatic heterocycles. The fourth-order valence-electron chi connectivity index (χ4n) is 1.51. The molecule has 0 rings (SSSR count). The van der Waals surface area contributed by atoms with Gasteiger partial charge in [0.15, 0.2) is 0 Å². The van der Waals surface area contributed by atoms with Crippen molar-refractivity contribution in [3.8, 4) is 0 Å². The molecule has 0 N–H and O–H groups in total. The lowest BCUT2D eigenvalue weighted by atomic mass is 10.3. The summed E-state index contributed by atoms with van der Waals surface area (Å²) >= 11 is 0. The average Bonchev–Trinajstić information content (AvgIpc) is 2.31. The van der Waals surface area contributed by atoms with Gasteiger partial charge < -0.3 is 9.16 Å². The summed E-state index contributed by atoms with van der Waals surface area (Å²) < 4.78 is 10.8. The van der Waals surface area contributed by atoms with Gasteiger partial charge in [0.25, 0.3) is 0 Å². The second kappa shape index (κ2) is 7.49. The van der Waals surface area contributed by atoms with Crippen molar-refractivity contribution in [2.24, 2.45) is 0 Å². The summed E-state index contributed by atoms with van der Waals surface area (Å²) in [4.78, 5) is 11.4. The predicted molar refractivity (Wildman–Crippen MR) is 68.7 cm³/mol. The number of hydrogen-bond acceptors (Lipinski definition) is 3. The third kappa shape index (κ3) is 4.39. The highest BCUT2D eigenvalue weighted by Crippen LogP contribution is 2.22. The molecule has 3 nitrogen and oxygen atoms in total. The van der Waals surface area contributed by atoms with Crippen LogP contribution >= 0.6 is 0 Å². The zero-order valence-electron chi connectivity index (χ0n) is 11.1. The molecule has 0 aliphatic carbocycles. The largest absolute Gasteiger partial charge is 0.548 e. The van der Waals surface area contributed by atoms with Crippen molar-refractivity contribution >= 4 is 14.3 Å². The van der Waals surface area contributed by atoms with E-state index in [1.165, 1.54) is 0 Å². The maximum Gasteiger partial charge on any atom is 0.336 e. The zero-order valence-corrected chi connectivity index (χ0v) is 12.1. The quantitative estimate of drug-likeness (QED) is 0.298. The van der Waals surface area contributed by atoms with Crippen LogP contribution in [0.4, 0.5) is 0 Å². The first kappa shape index (κ1) is 15.2. The molecule has 0 spiro atoms. The van der Waals surface area contributed by atoms with Crippen LogP contribution in [-0.2, 0) is 14.0 Å². The lowest BCUT2D eigenvalue weighted by molar-refractivity contribution is -0.138. The van der Waals surface area contributed by atoms with Gasteiger partial charge in [-0.2, -0.15) is 0 Å². The Labute approximate surface area is 100.0 Å². The Morgan fingerprint density at radius 2 is 1.62 bits per heavy atom. The Balaban J connectivity index is 4.48.